The highest BCUT2D eigenvalue weighted by Gasteiger charge is 2.40. The van der Waals surface area contributed by atoms with Crippen LogP contribution in [0.15, 0.2) is 0 Å². The van der Waals surface area contributed by atoms with E-state index >= 15 is 0 Å². The minimum absolute atomic E-state index is 1.14. The van der Waals surface area contributed by atoms with E-state index in [1.165, 1.54) is 6.19 Å². The van der Waals surface area contributed by atoms with Crippen molar-refractivity contribution in [1.29, 1.82) is 5.26 Å². The lowest BCUT2D eigenvalue weighted by atomic mass is 9.96. The number of aliphatic carboxylic acids is 3. The maximum Gasteiger partial charge on any atom is 0.336 e. The van der Waals surface area contributed by atoms with Crippen molar-refractivity contribution in [1.82, 2.24) is 0 Å². The summed E-state index contributed by atoms with van der Waals surface area (Å²) in [5, 5.41) is 40.9. The first-order valence-corrected chi connectivity index (χ1v) is 3.68. The molecule has 0 aromatic carbocycles. The zero-order valence-corrected chi connectivity index (χ0v) is 7.95. The van der Waals surface area contributed by atoms with Crippen molar-refractivity contribution in [2.24, 2.45) is 5.73 Å². The molecule has 0 bridgehead atoms. The fourth-order valence-corrected chi connectivity index (χ4v) is 0.714. The summed E-state index contributed by atoms with van der Waals surface area (Å²) in [6, 6.07) is 0. The van der Waals surface area contributed by atoms with E-state index in [1.807, 2.05) is 0 Å². The Balaban J connectivity index is 0. The Hall–Kier alpha value is -2.34. The van der Waals surface area contributed by atoms with E-state index < -0.39 is 36.4 Å². The fraction of sp³-hybridized carbons (Fsp3) is 0.429. The number of carbonyl (C=O) groups is 3. The number of aliphatic hydroxyl groups is 1. The normalized spacial score (nSPS) is 9.25. The van der Waals surface area contributed by atoms with Crippen LogP contribution in [0.1, 0.15) is 12.8 Å². The average Bonchev–Trinajstić information content (AvgIpc) is 2.01. The lowest BCUT2D eigenvalue weighted by Gasteiger charge is -2.18. The van der Waals surface area contributed by atoms with Crippen LogP contribution in [0.3, 0.4) is 0 Å². The molecule has 9 heteroatoms. The standard InChI is InChI=1S/C6H8O7.CH2N2/c7-3(8)1-6(13,5(11)12)2-4(9)10;2-1-3/h13H,1-2H2,(H,7,8)(H,9,10)(H,11,12);2H2. The molecule has 6 N–H and O–H groups in total. The molecule has 0 amide bonds. The molecule has 0 unspecified atom stereocenters. The summed E-state index contributed by atoms with van der Waals surface area (Å²) >= 11 is 0. The van der Waals surface area contributed by atoms with Crippen molar-refractivity contribution in [2.45, 2.75) is 18.4 Å². The van der Waals surface area contributed by atoms with Crippen molar-refractivity contribution >= 4 is 17.9 Å². The van der Waals surface area contributed by atoms with Gasteiger partial charge < -0.3 is 26.2 Å². The smallest absolute Gasteiger partial charge is 0.336 e. The van der Waals surface area contributed by atoms with Gasteiger partial charge in [0.2, 0.25) is 0 Å². The maximum absolute atomic E-state index is 10.3. The number of nitrogens with zero attached hydrogens (tertiary/aromatic N) is 1. The Labute approximate surface area is 89.3 Å². The van der Waals surface area contributed by atoms with Crippen LogP contribution >= 0.6 is 0 Å². The van der Waals surface area contributed by atoms with Gasteiger partial charge in [-0.2, -0.15) is 5.26 Å². The van der Waals surface area contributed by atoms with Gasteiger partial charge in [0.1, 0.15) is 0 Å². The van der Waals surface area contributed by atoms with Gasteiger partial charge in [-0.1, -0.05) is 0 Å². The summed E-state index contributed by atoms with van der Waals surface area (Å²) in [4.78, 5) is 30.5. The Bertz CT molecular complexity index is 303. The van der Waals surface area contributed by atoms with Crippen LogP contribution in [0.25, 0.3) is 0 Å². The molecule has 0 spiro atoms. The van der Waals surface area contributed by atoms with Crippen LogP contribution in [0.5, 0.6) is 0 Å². The van der Waals surface area contributed by atoms with Crippen molar-refractivity contribution < 1.29 is 34.8 Å². The summed E-state index contributed by atoms with van der Waals surface area (Å²) in [5.41, 5.74) is 1.41. The molecule has 90 valence electrons. The van der Waals surface area contributed by atoms with Crippen molar-refractivity contribution in [3.8, 4) is 6.19 Å². The third-order valence-electron chi connectivity index (χ3n) is 1.29. The molecule has 0 aliphatic carbocycles. The van der Waals surface area contributed by atoms with Gasteiger partial charge in [0.25, 0.3) is 0 Å². The number of hydrogen-bond acceptors (Lipinski definition) is 6. The summed E-state index contributed by atoms with van der Waals surface area (Å²) in [5.74, 6) is -5.02. The first-order chi connectivity index (χ1) is 7.19. The Kier molecular flexibility index (Phi) is 7.06. The predicted molar refractivity (Wildman–Crippen MR) is 46.9 cm³/mol. The van der Waals surface area contributed by atoms with Gasteiger partial charge in [0.05, 0.1) is 12.8 Å². The minimum Gasteiger partial charge on any atom is -0.481 e. The highest BCUT2D eigenvalue weighted by Crippen LogP contribution is 2.15. The molecule has 0 saturated carbocycles. The van der Waals surface area contributed by atoms with Crippen molar-refractivity contribution in [3.05, 3.63) is 0 Å². The molecule has 0 aromatic rings. The molecule has 0 rings (SSSR count). The minimum atomic E-state index is -2.74. The molecule has 0 radical (unpaired) electrons. The van der Waals surface area contributed by atoms with E-state index in [0.29, 0.717) is 0 Å². The number of rotatable bonds is 5. The second-order valence-electron chi connectivity index (χ2n) is 2.61. The molecule has 0 saturated heterocycles. The second kappa shape index (κ2) is 7.02. The van der Waals surface area contributed by atoms with E-state index in [1.54, 1.807) is 0 Å². The van der Waals surface area contributed by atoms with Crippen LogP contribution in [-0.2, 0) is 14.4 Å². The van der Waals surface area contributed by atoms with E-state index in [9.17, 15) is 14.4 Å². The van der Waals surface area contributed by atoms with Crippen LogP contribution in [0, 0.1) is 11.5 Å². The summed E-state index contributed by atoms with van der Waals surface area (Å²) in [6.07, 6.45) is -1.04. The van der Waals surface area contributed by atoms with Crippen molar-refractivity contribution in [3.63, 3.8) is 0 Å². The molecule has 0 aliphatic rings. The van der Waals surface area contributed by atoms with Gasteiger partial charge in [-0.25, -0.2) is 4.79 Å². The lowest BCUT2D eigenvalue weighted by molar-refractivity contribution is -0.170. The molecular weight excluding hydrogens is 224 g/mol. The van der Waals surface area contributed by atoms with Crippen LogP contribution in [-0.4, -0.2) is 43.9 Å². The van der Waals surface area contributed by atoms with Gasteiger partial charge in [0, 0.05) is 0 Å². The van der Waals surface area contributed by atoms with E-state index in [-0.39, 0.29) is 0 Å². The molecule has 16 heavy (non-hydrogen) atoms. The molecule has 0 aromatic heterocycles. The average molecular weight is 234 g/mol. The summed E-state index contributed by atoms with van der Waals surface area (Å²) in [6.45, 7) is 0. The summed E-state index contributed by atoms with van der Waals surface area (Å²) in [7, 11) is 0. The first kappa shape index (κ1) is 16.1. The third kappa shape index (κ3) is 7.10. The highest BCUT2D eigenvalue weighted by atomic mass is 16.4. The number of carboxylic acid groups (broad SMARTS) is 3. The SMILES string of the molecule is N#CN.O=C(O)CC(O)(CC(=O)O)C(=O)O. The fourth-order valence-electron chi connectivity index (χ4n) is 0.714. The van der Waals surface area contributed by atoms with E-state index in [2.05, 4.69) is 5.73 Å². The third-order valence-corrected chi connectivity index (χ3v) is 1.29. The van der Waals surface area contributed by atoms with Gasteiger partial charge in [-0.3, -0.25) is 9.59 Å². The molecule has 0 aliphatic heterocycles. The Morgan fingerprint density at radius 1 is 1.12 bits per heavy atom. The molecular formula is C7H10N2O7. The number of hydrogen-bond donors (Lipinski definition) is 5. The Morgan fingerprint density at radius 2 is 1.38 bits per heavy atom. The zero-order valence-electron chi connectivity index (χ0n) is 7.95. The van der Waals surface area contributed by atoms with E-state index in [0.717, 1.165) is 0 Å². The quantitative estimate of drug-likeness (QED) is 0.270. The Morgan fingerprint density at radius 3 is 1.50 bits per heavy atom. The number of carboxylic acids is 3. The van der Waals surface area contributed by atoms with Gasteiger partial charge in [-0.05, 0) is 0 Å². The van der Waals surface area contributed by atoms with Crippen LogP contribution < -0.4 is 5.73 Å². The largest absolute Gasteiger partial charge is 0.481 e. The number of nitrogens with two attached hydrogens (primary N) is 1. The van der Waals surface area contributed by atoms with Gasteiger partial charge >= 0.3 is 17.9 Å². The zero-order chi connectivity index (χ0) is 13.4. The molecule has 9 nitrogen and oxygen atoms in total. The molecule has 0 atom stereocenters. The van der Waals surface area contributed by atoms with E-state index in [4.69, 9.17) is 25.7 Å². The number of nitriles is 1. The highest BCUT2D eigenvalue weighted by molar-refractivity contribution is 5.88. The van der Waals surface area contributed by atoms with Crippen molar-refractivity contribution in [2.75, 3.05) is 0 Å². The van der Waals surface area contributed by atoms with Crippen LogP contribution in [0.2, 0.25) is 0 Å². The second-order valence-corrected chi connectivity index (χ2v) is 2.61. The maximum atomic E-state index is 10.3. The topological polar surface area (TPSA) is 182 Å². The molecule has 0 heterocycles. The molecule has 0 fully saturated rings. The van der Waals surface area contributed by atoms with Gasteiger partial charge in [0.15, 0.2) is 11.8 Å². The monoisotopic (exact) mass is 234 g/mol. The predicted octanol–water partition coefficient (Wildman–Crippen LogP) is -1.82. The first-order valence-electron chi connectivity index (χ1n) is 3.68. The summed E-state index contributed by atoms with van der Waals surface area (Å²) < 4.78 is 0. The lowest BCUT2D eigenvalue weighted by Crippen LogP contribution is -2.42. The van der Waals surface area contributed by atoms with Crippen LogP contribution in [0.4, 0.5) is 0 Å². The van der Waals surface area contributed by atoms with Gasteiger partial charge in [-0.15, -0.1) is 0 Å².